The van der Waals surface area contributed by atoms with E-state index in [9.17, 15) is 4.79 Å². The van der Waals surface area contributed by atoms with Gasteiger partial charge in [-0.05, 0) is 7.05 Å². The second-order valence-corrected chi connectivity index (χ2v) is 3.46. The summed E-state index contributed by atoms with van der Waals surface area (Å²) in [5.41, 5.74) is 1.39. The van der Waals surface area contributed by atoms with Crippen molar-refractivity contribution in [3.05, 3.63) is 17.7 Å². The fraction of sp³-hybridized carbons (Fsp3) is 0.556. The molecule has 0 radical (unpaired) electrons. The summed E-state index contributed by atoms with van der Waals surface area (Å²) in [5.74, 6) is -0.353. The Labute approximate surface area is 82.3 Å². The number of imidazole rings is 1. The Hall–Kier alpha value is -1.36. The number of hydrogen-bond acceptors (Lipinski definition) is 4. The first kappa shape index (κ1) is 9.21. The van der Waals surface area contributed by atoms with E-state index >= 15 is 0 Å². The van der Waals surface area contributed by atoms with E-state index < -0.39 is 0 Å². The molecule has 1 aromatic rings. The van der Waals surface area contributed by atoms with E-state index in [0.29, 0.717) is 5.69 Å². The molecule has 0 N–H and O–H groups in total. The molecule has 0 aromatic carbocycles. The summed E-state index contributed by atoms with van der Waals surface area (Å²) in [4.78, 5) is 17.6. The zero-order valence-electron chi connectivity index (χ0n) is 8.36. The van der Waals surface area contributed by atoms with Gasteiger partial charge in [0.2, 0.25) is 0 Å². The van der Waals surface area contributed by atoms with Gasteiger partial charge in [-0.2, -0.15) is 0 Å². The zero-order chi connectivity index (χ0) is 10.1. The number of carbonyl (C=O) groups excluding carboxylic acids is 1. The summed E-state index contributed by atoms with van der Waals surface area (Å²) in [7, 11) is 3.40. The Morgan fingerprint density at radius 2 is 2.36 bits per heavy atom. The summed E-state index contributed by atoms with van der Waals surface area (Å²) in [6.07, 6.45) is 1.70. The average molecular weight is 195 g/mol. The molecule has 5 nitrogen and oxygen atoms in total. The third kappa shape index (κ3) is 1.39. The Bertz CT molecular complexity index is 359. The van der Waals surface area contributed by atoms with E-state index in [1.54, 1.807) is 6.33 Å². The number of nitrogens with zero attached hydrogens (tertiary/aromatic N) is 3. The molecule has 0 atom stereocenters. The number of esters is 1. The number of fused-ring (bicyclic) bond motifs is 1. The van der Waals surface area contributed by atoms with Crippen LogP contribution in [0.3, 0.4) is 0 Å². The number of likely N-dealkylation sites (N-methyl/N-ethyl adjacent to an activating group) is 1. The van der Waals surface area contributed by atoms with Crippen molar-refractivity contribution in [2.75, 3.05) is 20.7 Å². The summed E-state index contributed by atoms with van der Waals surface area (Å²) < 4.78 is 6.67. The summed E-state index contributed by atoms with van der Waals surface area (Å²) >= 11 is 0. The number of carbonyl (C=O) groups is 1. The van der Waals surface area contributed by atoms with Crippen LogP contribution in [0.15, 0.2) is 6.33 Å². The quantitative estimate of drug-likeness (QED) is 0.597. The molecule has 1 aliphatic rings. The molecule has 0 unspecified atom stereocenters. The predicted octanol–water partition coefficient (Wildman–Crippen LogP) is 0.115. The van der Waals surface area contributed by atoms with Crippen molar-refractivity contribution in [2.24, 2.45) is 0 Å². The van der Waals surface area contributed by atoms with Crippen LogP contribution in [0, 0.1) is 0 Å². The van der Waals surface area contributed by atoms with E-state index in [0.717, 1.165) is 25.3 Å². The van der Waals surface area contributed by atoms with Crippen LogP contribution in [0.1, 0.15) is 16.2 Å². The highest BCUT2D eigenvalue weighted by molar-refractivity contribution is 5.88. The predicted molar refractivity (Wildman–Crippen MR) is 49.9 cm³/mol. The van der Waals surface area contributed by atoms with Crippen LogP contribution in [0.2, 0.25) is 0 Å². The molecule has 0 saturated carbocycles. The molecule has 0 saturated heterocycles. The maximum Gasteiger partial charge on any atom is 0.358 e. The number of aromatic nitrogens is 2. The lowest BCUT2D eigenvalue weighted by molar-refractivity contribution is 0.0591. The molecule has 1 aliphatic heterocycles. The van der Waals surface area contributed by atoms with Crippen molar-refractivity contribution < 1.29 is 9.53 Å². The molecular formula is C9H13N3O2. The Kier molecular flexibility index (Phi) is 2.25. The number of rotatable bonds is 1. The van der Waals surface area contributed by atoms with E-state index in [1.165, 1.54) is 7.11 Å². The van der Waals surface area contributed by atoms with Crippen LogP contribution >= 0.6 is 0 Å². The molecule has 0 bridgehead atoms. The van der Waals surface area contributed by atoms with Gasteiger partial charge in [0.25, 0.3) is 0 Å². The van der Waals surface area contributed by atoms with Crippen molar-refractivity contribution in [3.63, 3.8) is 0 Å². The fourth-order valence-corrected chi connectivity index (χ4v) is 1.65. The molecule has 2 heterocycles. The van der Waals surface area contributed by atoms with Crippen molar-refractivity contribution in [1.29, 1.82) is 0 Å². The van der Waals surface area contributed by atoms with E-state index in [4.69, 9.17) is 0 Å². The Morgan fingerprint density at radius 1 is 1.57 bits per heavy atom. The van der Waals surface area contributed by atoms with Crippen molar-refractivity contribution in [2.45, 2.75) is 13.1 Å². The molecular weight excluding hydrogens is 182 g/mol. The van der Waals surface area contributed by atoms with Gasteiger partial charge in [0.15, 0.2) is 5.69 Å². The summed E-state index contributed by atoms with van der Waals surface area (Å²) in [5, 5.41) is 0. The lowest BCUT2D eigenvalue weighted by Crippen LogP contribution is -2.30. The zero-order valence-corrected chi connectivity index (χ0v) is 8.36. The standard InChI is InChI=1S/C9H13N3O2/c1-11-3-4-12-6-10-8(7(12)5-11)9(13)14-2/h6H,3-5H2,1-2H3. The second kappa shape index (κ2) is 3.42. The van der Waals surface area contributed by atoms with Crippen LogP contribution in [0.25, 0.3) is 0 Å². The molecule has 0 amide bonds. The Balaban J connectivity index is 2.35. The van der Waals surface area contributed by atoms with Gasteiger partial charge in [-0.3, -0.25) is 4.90 Å². The minimum atomic E-state index is -0.353. The maximum atomic E-state index is 11.3. The molecule has 5 heteroatoms. The van der Waals surface area contributed by atoms with Crippen molar-refractivity contribution in [3.8, 4) is 0 Å². The van der Waals surface area contributed by atoms with Crippen LogP contribution in [0.4, 0.5) is 0 Å². The van der Waals surface area contributed by atoms with Gasteiger partial charge in [-0.15, -0.1) is 0 Å². The highest BCUT2D eigenvalue weighted by atomic mass is 16.5. The fourth-order valence-electron chi connectivity index (χ4n) is 1.65. The number of hydrogen-bond donors (Lipinski definition) is 0. The van der Waals surface area contributed by atoms with Crippen molar-refractivity contribution >= 4 is 5.97 Å². The number of ether oxygens (including phenoxy) is 1. The third-order valence-corrected chi connectivity index (χ3v) is 2.47. The van der Waals surface area contributed by atoms with Gasteiger partial charge in [0.05, 0.1) is 19.1 Å². The van der Waals surface area contributed by atoms with Crippen molar-refractivity contribution in [1.82, 2.24) is 14.5 Å². The van der Waals surface area contributed by atoms with Gasteiger partial charge in [0.1, 0.15) is 0 Å². The monoisotopic (exact) mass is 195 g/mol. The van der Waals surface area contributed by atoms with Gasteiger partial charge in [0, 0.05) is 19.6 Å². The molecule has 0 spiro atoms. The first-order valence-corrected chi connectivity index (χ1v) is 4.53. The topological polar surface area (TPSA) is 47.4 Å². The van der Waals surface area contributed by atoms with Gasteiger partial charge in [-0.1, -0.05) is 0 Å². The molecule has 14 heavy (non-hydrogen) atoms. The normalized spacial score (nSPS) is 16.4. The SMILES string of the molecule is COC(=O)c1ncn2c1CN(C)CC2. The van der Waals surface area contributed by atoms with Crippen LogP contribution in [0.5, 0.6) is 0 Å². The maximum absolute atomic E-state index is 11.3. The summed E-state index contributed by atoms with van der Waals surface area (Å²) in [6, 6.07) is 0. The van der Waals surface area contributed by atoms with E-state index in [-0.39, 0.29) is 5.97 Å². The first-order valence-electron chi connectivity index (χ1n) is 4.53. The lowest BCUT2D eigenvalue weighted by Gasteiger charge is -2.24. The molecule has 1 aromatic heterocycles. The van der Waals surface area contributed by atoms with E-state index in [1.807, 2.05) is 11.6 Å². The minimum Gasteiger partial charge on any atom is -0.464 e. The second-order valence-electron chi connectivity index (χ2n) is 3.46. The average Bonchev–Trinajstić information content (AvgIpc) is 2.59. The van der Waals surface area contributed by atoms with E-state index in [2.05, 4.69) is 14.6 Å². The lowest BCUT2D eigenvalue weighted by atomic mass is 10.2. The minimum absolute atomic E-state index is 0.353. The molecule has 2 rings (SSSR count). The van der Waals surface area contributed by atoms with Gasteiger partial charge < -0.3 is 9.30 Å². The highest BCUT2D eigenvalue weighted by Gasteiger charge is 2.22. The smallest absolute Gasteiger partial charge is 0.358 e. The van der Waals surface area contributed by atoms with Gasteiger partial charge in [-0.25, -0.2) is 9.78 Å². The van der Waals surface area contributed by atoms with Crippen LogP contribution < -0.4 is 0 Å². The van der Waals surface area contributed by atoms with Crippen LogP contribution in [-0.2, 0) is 17.8 Å². The largest absolute Gasteiger partial charge is 0.464 e. The molecule has 0 fully saturated rings. The van der Waals surface area contributed by atoms with Crippen LogP contribution in [-0.4, -0.2) is 41.1 Å². The summed E-state index contributed by atoms with van der Waals surface area (Å²) in [6.45, 7) is 2.63. The van der Waals surface area contributed by atoms with Gasteiger partial charge >= 0.3 is 5.97 Å². The Morgan fingerprint density at radius 3 is 3.07 bits per heavy atom. The highest BCUT2D eigenvalue weighted by Crippen LogP contribution is 2.15. The molecule has 0 aliphatic carbocycles. The first-order chi connectivity index (χ1) is 6.72. The number of methoxy groups -OCH3 is 1. The third-order valence-electron chi connectivity index (χ3n) is 2.47. The molecule has 76 valence electrons.